The maximum Gasteiger partial charge on any atom is 1.00 e. The van der Waals surface area contributed by atoms with Crippen LogP contribution < -0.4 is 29.6 Å². The van der Waals surface area contributed by atoms with Gasteiger partial charge in [0.05, 0.1) is 6.61 Å². The monoisotopic (exact) mass is 170 g/mol. The molecule has 4 nitrogen and oxygen atoms in total. The van der Waals surface area contributed by atoms with E-state index in [1.807, 2.05) is 0 Å². The Morgan fingerprint density at radius 1 is 1.82 bits per heavy atom. The van der Waals surface area contributed by atoms with E-state index in [4.69, 9.17) is 10.2 Å². The molecule has 0 aliphatic carbocycles. The molecule has 0 aromatic carbocycles. The number of ether oxygens (including phenoxy) is 1. The van der Waals surface area contributed by atoms with E-state index < -0.39 is 18.7 Å². The molecule has 0 fully saturated rings. The minimum Gasteiger partial charge on any atom is -1.00 e. The zero-order valence-corrected chi connectivity index (χ0v) is 8.49. The number of rotatable bonds is 4. The fourth-order valence-corrected chi connectivity index (χ4v) is 0.312. The number of carbonyl (C=O) groups excluding carboxylic acids is 1. The first-order chi connectivity index (χ1) is 4.72. The van der Waals surface area contributed by atoms with Gasteiger partial charge < -0.3 is 16.4 Å². The van der Waals surface area contributed by atoms with Crippen LogP contribution in [0.3, 0.4) is 0 Å². The van der Waals surface area contributed by atoms with Crippen LogP contribution in [0.4, 0.5) is 0 Å². The van der Waals surface area contributed by atoms with E-state index in [1.54, 1.807) is 0 Å². The standard InChI is InChI=1S/C6H10O4.Na.H/c1-2-3-10-6(9)5(8)4-7;;/h2,5,7-8H,1,3-4H2;;/q;+1;-1. The summed E-state index contributed by atoms with van der Waals surface area (Å²) in [4.78, 5) is 10.5. The third-order valence-corrected chi connectivity index (χ3v) is 0.788. The summed E-state index contributed by atoms with van der Waals surface area (Å²) in [7, 11) is 0. The number of carbonyl (C=O) groups is 1. The number of aliphatic hydroxyl groups excluding tert-OH is 2. The summed E-state index contributed by atoms with van der Waals surface area (Å²) in [6, 6.07) is 0. The Hall–Kier alpha value is 0.130. The second-order valence-electron chi connectivity index (χ2n) is 1.62. The van der Waals surface area contributed by atoms with Crippen molar-refractivity contribution in [3.8, 4) is 0 Å². The fourth-order valence-electron chi connectivity index (χ4n) is 0.312. The molecule has 0 aromatic heterocycles. The van der Waals surface area contributed by atoms with Crippen molar-refractivity contribution >= 4 is 5.97 Å². The normalized spacial score (nSPS) is 11.1. The van der Waals surface area contributed by atoms with Gasteiger partial charge in [0.25, 0.3) is 0 Å². The Kier molecular flexibility index (Phi) is 10.2. The van der Waals surface area contributed by atoms with Crippen LogP contribution in [0, 0.1) is 0 Å². The van der Waals surface area contributed by atoms with E-state index >= 15 is 0 Å². The SMILES string of the molecule is C=CCOC(=O)C(O)CO.[H-].[Na+]. The van der Waals surface area contributed by atoms with Crippen molar-refractivity contribution in [3.05, 3.63) is 12.7 Å². The van der Waals surface area contributed by atoms with E-state index in [9.17, 15) is 4.79 Å². The second-order valence-corrected chi connectivity index (χ2v) is 1.62. The summed E-state index contributed by atoms with van der Waals surface area (Å²) < 4.78 is 4.38. The molecule has 0 aliphatic rings. The van der Waals surface area contributed by atoms with Crippen molar-refractivity contribution in [2.75, 3.05) is 13.2 Å². The quantitative estimate of drug-likeness (QED) is 0.258. The molecule has 0 heterocycles. The van der Waals surface area contributed by atoms with Gasteiger partial charge in [0.1, 0.15) is 6.61 Å². The summed E-state index contributed by atoms with van der Waals surface area (Å²) >= 11 is 0. The van der Waals surface area contributed by atoms with Crippen LogP contribution in [0.25, 0.3) is 0 Å². The Balaban J connectivity index is -0.000000405. The number of hydrogen-bond donors (Lipinski definition) is 2. The zero-order chi connectivity index (χ0) is 7.98. The van der Waals surface area contributed by atoms with Crippen LogP contribution in [-0.4, -0.2) is 35.5 Å². The topological polar surface area (TPSA) is 66.8 Å². The number of hydrogen-bond acceptors (Lipinski definition) is 4. The third kappa shape index (κ3) is 6.52. The summed E-state index contributed by atoms with van der Waals surface area (Å²) in [6.45, 7) is 2.73. The predicted octanol–water partition coefficient (Wildman–Crippen LogP) is -3.81. The molecule has 0 aliphatic heterocycles. The van der Waals surface area contributed by atoms with Crippen LogP contribution in [0.1, 0.15) is 1.43 Å². The maximum atomic E-state index is 10.5. The second kappa shape index (κ2) is 8.23. The van der Waals surface area contributed by atoms with Crippen LogP contribution in [0.2, 0.25) is 0 Å². The van der Waals surface area contributed by atoms with E-state index in [0.29, 0.717) is 0 Å². The molecule has 1 atom stereocenters. The van der Waals surface area contributed by atoms with Crippen LogP contribution in [-0.2, 0) is 9.53 Å². The Labute approximate surface area is 88.6 Å². The van der Waals surface area contributed by atoms with Gasteiger partial charge in [0.15, 0.2) is 6.10 Å². The molecular weight excluding hydrogens is 159 g/mol. The first-order valence-electron chi connectivity index (χ1n) is 2.78. The largest absolute Gasteiger partial charge is 1.00 e. The zero-order valence-electron chi connectivity index (χ0n) is 7.49. The van der Waals surface area contributed by atoms with Crippen LogP contribution in [0.5, 0.6) is 0 Å². The number of esters is 1. The van der Waals surface area contributed by atoms with E-state index in [1.165, 1.54) is 6.08 Å². The molecule has 0 bridgehead atoms. The Morgan fingerprint density at radius 3 is 2.73 bits per heavy atom. The Morgan fingerprint density at radius 2 is 2.36 bits per heavy atom. The van der Waals surface area contributed by atoms with Crippen molar-refractivity contribution in [3.63, 3.8) is 0 Å². The molecule has 0 amide bonds. The van der Waals surface area contributed by atoms with Gasteiger partial charge in [-0.15, -0.1) is 0 Å². The molecule has 0 saturated heterocycles. The van der Waals surface area contributed by atoms with Gasteiger partial charge in [-0.2, -0.15) is 0 Å². The summed E-state index contributed by atoms with van der Waals surface area (Å²) in [5, 5.41) is 16.8. The molecule has 5 heteroatoms. The minimum atomic E-state index is -1.43. The van der Waals surface area contributed by atoms with E-state index in [-0.39, 0.29) is 37.6 Å². The molecule has 0 rings (SSSR count). The van der Waals surface area contributed by atoms with Crippen molar-refractivity contribution in [1.82, 2.24) is 0 Å². The predicted molar refractivity (Wildman–Crippen MR) is 35.4 cm³/mol. The first kappa shape index (κ1) is 13.7. The Bertz CT molecular complexity index is 131. The van der Waals surface area contributed by atoms with Gasteiger partial charge in [-0.1, -0.05) is 12.7 Å². The minimum absolute atomic E-state index is 0. The van der Waals surface area contributed by atoms with Crippen LogP contribution in [0.15, 0.2) is 12.7 Å². The van der Waals surface area contributed by atoms with Gasteiger partial charge >= 0.3 is 35.5 Å². The molecule has 1 unspecified atom stereocenters. The summed E-state index contributed by atoms with van der Waals surface area (Å²) in [6.07, 6.45) is -0.0536. The first-order valence-corrected chi connectivity index (χ1v) is 2.78. The van der Waals surface area contributed by atoms with Gasteiger partial charge in [-0.3, -0.25) is 0 Å². The molecule has 60 valence electrons. The van der Waals surface area contributed by atoms with Crippen molar-refractivity contribution in [1.29, 1.82) is 0 Å². The summed E-state index contributed by atoms with van der Waals surface area (Å²) in [5.74, 6) is -0.831. The van der Waals surface area contributed by atoms with Gasteiger partial charge in [0.2, 0.25) is 0 Å². The smallest absolute Gasteiger partial charge is 1.00 e. The van der Waals surface area contributed by atoms with Gasteiger partial charge in [-0.05, 0) is 0 Å². The van der Waals surface area contributed by atoms with E-state index in [0.717, 1.165) is 0 Å². The van der Waals surface area contributed by atoms with Gasteiger partial charge in [-0.25, -0.2) is 4.79 Å². The summed E-state index contributed by atoms with van der Waals surface area (Å²) in [5.41, 5.74) is 0. The van der Waals surface area contributed by atoms with Crippen molar-refractivity contribution < 1.29 is 50.7 Å². The average Bonchev–Trinajstić information content (AvgIpc) is 1.98. The maximum absolute atomic E-state index is 10.5. The molecule has 2 N–H and O–H groups in total. The number of aliphatic hydroxyl groups is 2. The van der Waals surface area contributed by atoms with E-state index in [2.05, 4.69) is 11.3 Å². The molecule has 11 heavy (non-hydrogen) atoms. The van der Waals surface area contributed by atoms with Crippen LogP contribution >= 0.6 is 0 Å². The average molecular weight is 170 g/mol. The van der Waals surface area contributed by atoms with Crippen molar-refractivity contribution in [2.24, 2.45) is 0 Å². The molecule has 0 radical (unpaired) electrons. The molecule has 0 aromatic rings. The third-order valence-electron chi connectivity index (χ3n) is 0.788. The molecule has 0 spiro atoms. The van der Waals surface area contributed by atoms with Gasteiger partial charge in [0, 0.05) is 0 Å². The molecule has 0 saturated carbocycles. The molecular formula is C6H11NaO4. The fraction of sp³-hybridized carbons (Fsp3) is 0.500. The van der Waals surface area contributed by atoms with Crippen molar-refractivity contribution in [2.45, 2.75) is 6.10 Å².